The average molecular weight is 339 g/mol. The molecule has 5 nitrogen and oxygen atoms in total. The van der Waals surface area contributed by atoms with Crippen LogP contribution in [0.15, 0.2) is 67.3 Å². The summed E-state index contributed by atoms with van der Waals surface area (Å²) in [6.45, 7) is 0. The molecule has 2 aromatic carbocycles. The van der Waals surface area contributed by atoms with E-state index in [9.17, 15) is 9.00 Å². The third-order valence-electron chi connectivity index (χ3n) is 3.49. The molecule has 0 saturated carbocycles. The van der Waals surface area contributed by atoms with Gasteiger partial charge < -0.3 is 9.88 Å². The number of rotatable bonds is 5. The standard InChI is InChI=1S/C18H17N3O2S/c1-24(23)12-14-3-2-4-15(11-14)18(22)20-16-5-7-17(8-6-16)21-10-9-19-13-21/h2-11,13H,12H2,1H3,(H,20,22). The van der Waals surface area contributed by atoms with Gasteiger partial charge in [0.25, 0.3) is 5.91 Å². The van der Waals surface area contributed by atoms with E-state index in [0.717, 1.165) is 11.3 Å². The fourth-order valence-electron chi connectivity index (χ4n) is 2.37. The van der Waals surface area contributed by atoms with Crippen molar-refractivity contribution in [2.75, 3.05) is 11.6 Å². The first-order valence-corrected chi connectivity index (χ1v) is 9.13. The van der Waals surface area contributed by atoms with Crippen molar-refractivity contribution in [1.29, 1.82) is 0 Å². The maximum Gasteiger partial charge on any atom is 0.255 e. The van der Waals surface area contributed by atoms with Crippen molar-refractivity contribution in [1.82, 2.24) is 9.55 Å². The topological polar surface area (TPSA) is 64.0 Å². The highest BCUT2D eigenvalue weighted by molar-refractivity contribution is 7.83. The number of nitrogens with one attached hydrogen (secondary N) is 1. The zero-order valence-electron chi connectivity index (χ0n) is 13.2. The summed E-state index contributed by atoms with van der Waals surface area (Å²) < 4.78 is 13.2. The van der Waals surface area contributed by atoms with Gasteiger partial charge in [-0.1, -0.05) is 12.1 Å². The maximum absolute atomic E-state index is 12.4. The molecule has 1 aromatic heterocycles. The molecule has 1 unspecified atom stereocenters. The van der Waals surface area contributed by atoms with E-state index in [-0.39, 0.29) is 5.91 Å². The van der Waals surface area contributed by atoms with Crippen molar-refractivity contribution >= 4 is 22.4 Å². The van der Waals surface area contributed by atoms with E-state index in [0.29, 0.717) is 17.0 Å². The minimum atomic E-state index is -0.933. The van der Waals surface area contributed by atoms with Crippen LogP contribution in [-0.2, 0) is 16.6 Å². The second-order valence-corrected chi connectivity index (χ2v) is 6.82. The Morgan fingerprint density at radius 1 is 1.21 bits per heavy atom. The van der Waals surface area contributed by atoms with Gasteiger partial charge in [-0.25, -0.2) is 4.98 Å². The average Bonchev–Trinajstić information content (AvgIpc) is 3.09. The lowest BCUT2D eigenvalue weighted by Crippen LogP contribution is -2.12. The molecule has 0 aliphatic heterocycles. The van der Waals surface area contributed by atoms with Crippen molar-refractivity contribution in [2.24, 2.45) is 0 Å². The zero-order valence-corrected chi connectivity index (χ0v) is 14.0. The lowest BCUT2D eigenvalue weighted by atomic mass is 10.1. The van der Waals surface area contributed by atoms with Gasteiger partial charge in [-0.2, -0.15) is 0 Å². The number of carbonyl (C=O) groups is 1. The van der Waals surface area contributed by atoms with E-state index in [2.05, 4.69) is 10.3 Å². The summed E-state index contributed by atoms with van der Waals surface area (Å²) in [5, 5.41) is 2.87. The predicted octanol–water partition coefficient (Wildman–Crippen LogP) is 3.00. The number of nitrogens with zero attached hydrogens (tertiary/aromatic N) is 2. The highest BCUT2D eigenvalue weighted by Gasteiger charge is 2.08. The Bertz CT molecular complexity index is 858. The molecular weight excluding hydrogens is 322 g/mol. The van der Waals surface area contributed by atoms with Crippen LogP contribution >= 0.6 is 0 Å². The molecule has 0 fully saturated rings. The summed E-state index contributed by atoms with van der Waals surface area (Å²) >= 11 is 0. The second kappa shape index (κ2) is 7.23. The Kier molecular flexibility index (Phi) is 4.86. The van der Waals surface area contributed by atoms with Crippen molar-refractivity contribution in [3.8, 4) is 5.69 Å². The maximum atomic E-state index is 12.4. The van der Waals surface area contributed by atoms with Crippen LogP contribution in [0.25, 0.3) is 5.69 Å². The van der Waals surface area contributed by atoms with Crippen molar-refractivity contribution < 1.29 is 9.00 Å². The van der Waals surface area contributed by atoms with Gasteiger partial charge in [0.05, 0.1) is 6.33 Å². The summed E-state index contributed by atoms with van der Waals surface area (Å²) in [6, 6.07) is 14.7. The molecule has 1 N–H and O–H groups in total. The molecule has 0 saturated heterocycles. The van der Waals surface area contributed by atoms with Crippen LogP contribution in [0, 0.1) is 0 Å². The van der Waals surface area contributed by atoms with Gasteiger partial charge in [0, 0.05) is 52.1 Å². The number of benzene rings is 2. The SMILES string of the molecule is CS(=O)Cc1cccc(C(=O)Nc2ccc(-n3ccnc3)cc2)c1. The third kappa shape index (κ3) is 3.97. The molecule has 1 heterocycles. The first-order valence-electron chi connectivity index (χ1n) is 7.40. The summed E-state index contributed by atoms with van der Waals surface area (Å²) in [7, 11) is -0.933. The van der Waals surface area contributed by atoms with Gasteiger partial charge >= 0.3 is 0 Å². The Hall–Kier alpha value is -2.73. The van der Waals surface area contributed by atoms with Gasteiger partial charge in [-0.15, -0.1) is 0 Å². The number of imidazole rings is 1. The Balaban J connectivity index is 1.71. The molecule has 0 radical (unpaired) electrons. The first kappa shape index (κ1) is 16.1. The van der Waals surface area contributed by atoms with Crippen LogP contribution in [0.3, 0.4) is 0 Å². The van der Waals surface area contributed by atoms with Crippen LogP contribution in [-0.4, -0.2) is 25.9 Å². The predicted molar refractivity (Wildman–Crippen MR) is 95.7 cm³/mol. The number of hydrogen-bond donors (Lipinski definition) is 1. The van der Waals surface area contributed by atoms with E-state index in [1.54, 1.807) is 37.0 Å². The molecule has 24 heavy (non-hydrogen) atoms. The lowest BCUT2D eigenvalue weighted by Gasteiger charge is -2.08. The van der Waals surface area contributed by atoms with Gasteiger partial charge in [-0.3, -0.25) is 9.00 Å². The number of aromatic nitrogens is 2. The molecule has 0 aliphatic rings. The number of amides is 1. The molecular formula is C18H17N3O2S. The van der Waals surface area contributed by atoms with E-state index < -0.39 is 10.8 Å². The highest BCUT2D eigenvalue weighted by Crippen LogP contribution is 2.15. The van der Waals surface area contributed by atoms with Gasteiger partial charge in [-0.05, 0) is 42.0 Å². The van der Waals surface area contributed by atoms with Gasteiger partial charge in [0.1, 0.15) is 0 Å². The van der Waals surface area contributed by atoms with Crippen molar-refractivity contribution in [3.63, 3.8) is 0 Å². The van der Waals surface area contributed by atoms with Crippen LogP contribution < -0.4 is 5.32 Å². The molecule has 0 bridgehead atoms. The summed E-state index contributed by atoms with van der Waals surface area (Å²) in [5.41, 5.74) is 3.13. The molecule has 1 amide bonds. The number of anilines is 1. The van der Waals surface area contributed by atoms with Gasteiger partial charge in [0.15, 0.2) is 0 Å². The quantitative estimate of drug-likeness (QED) is 0.777. The molecule has 6 heteroatoms. The summed E-state index contributed by atoms with van der Waals surface area (Å²) in [5.74, 6) is 0.259. The molecule has 3 rings (SSSR count). The largest absolute Gasteiger partial charge is 0.322 e. The lowest BCUT2D eigenvalue weighted by molar-refractivity contribution is 0.102. The third-order valence-corrected chi connectivity index (χ3v) is 4.23. The minimum Gasteiger partial charge on any atom is -0.322 e. The molecule has 3 aromatic rings. The smallest absolute Gasteiger partial charge is 0.255 e. The van der Waals surface area contributed by atoms with Crippen LogP contribution in [0.5, 0.6) is 0 Å². The van der Waals surface area contributed by atoms with E-state index in [1.165, 1.54) is 0 Å². The zero-order chi connectivity index (χ0) is 16.9. The van der Waals surface area contributed by atoms with Crippen molar-refractivity contribution in [2.45, 2.75) is 5.75 Å². The fraction of sp³-hybridized carbons (Fsp3) is 0.111. The first-order chi connectivity index (χ1) is 11.6. The molecule has 122 valence electrons. The molecule has 0 spiro atoms. The minimum absolute atomic E-state index is 0.186. The molecule has 0 aliphatic carbocycles. The van der Waals surface area contributed by atoms with E-state index in [4.69, 9.17) is 0 Å². The van der Waals surface area contributed by atoms with E-state index >= 15 is 0 Å². The second-order valence-electron chi connectivity index (χ2n) is 5.39. The van der Waals surface area contributed by atoms with Crippen LogP contribution in [0.4, 0.5) is 5.69 Å². The Morgan fingerprint density at radius 2 is 2.00 bits per heavy atom. The van der Waals surface area contributed by atoms with Crippen LogP contribution in [0.2, 0.25) is 0 Å². The monoisotopic (exact) mass is 339 g/mol. The normalized spacial score (nSPS) is 11.9. The Morgan fingerprint density at radius 3 is 2.67 bits per heavy atom. The van der Waals surface area contributed by atoms with Gasteiger partial charge in [0.2, 0.25) is 0 Å². The summed E-state index contributed by atoms with van der Waals surface area (Å²) in [6.07, 6.45) is 6.94. The Labute approximate surface area is 142 Å². The molecule has 1 atom stereocenters. The fourth-order valence-corrected chi connectivity index (χ4v) is 3.02. The van der Waals surface area contributed by atoms with E-state index in [1.807, 2.05) is 41.1 Å². The van der Waals surface area contributed by atoms with Crippen molar-refractivity contribution in [3.05, 3.63) is 78.4 Å². The number of carbonyl (C=O) groups excluding carboxylic acids is 1. The summed E-state index contributed by atoms with van der Waals surface area (Å²) in [4.78, 5) is 16.4. The van der Waals surface area contributed by atoms with Crippen LogP contribution in [0.1, 0.15) is 15.9 Å². The number of hydrogen-bond acceptors (Lipinski definition) is 3. The highest BCUT2D eigenvalue weighted by atomic mass is 32.2.